The number of imide groups is 2. The van der Waals surface area contributed by atoms with Crippen molar-refractivity contribution in [1.82, 2.24) is 25.4 Å². The first kappa shape index (κ1) is 27.9. The van der Waals surface area contributed by atoms with E-state index in [0.717, 1.165) is 93.7 Å². The number of benzene rings is 1. The topological polar surface area (TPSA) is 118 Å². The number of carbonyl (C=O) groups excluding carboxylic acids is 4. The molecule has 1 unspecified atom stereocenters. The van der Waals surface area contributed by atoms with Crippen LogP contribution >= 0.6 is 0 Å². The molecule has 3 saturated heterocycles. The van der Waals surface area contributed by atoms with Crippen molar-refractivity contribution in [2.24, 2.45) is 0 Å². The Morgan fingerprint density at radius 3 is 2.45 bits per heavy atom. The number of carbonyl (C=O) groups is 4. The molecule has 6 rings (SSSR count). The maximum absolute atomic E-state index is 13.4. The zero-order chi connectivity index (χ0) is 29.1. The van der Waals surface area contributed by atoms with Crippen LogP contribution in [0.3, 0.4) is 0 Å². The fourth-order valence-corrected chi connectivity index (χ4v) is 6.07. The Labute approximate surface area is 245 Å². The Bertz CT molecular complexity index is 1430. The van der Waals surface area contributed by atoms with Gasteiger partial charge in [-0.05, 0) is 43.7 Å². The van der Waals surface area contributed by atoms with Gasteiger partial charge in [0, 0.05) is 77.0 Å². The molecule has 11 heteroatoms. The van der Waals surface area contributed by atoms with E-state index in [1.54, 1.807) is 12.1 Å². The highest BCUT2D eigenvalue weighted by Gasteiger charge is 2.46. The van der Waals surface area contributed by atoms with Crippen LogP contribution in [0.15, 0.2) is 36.5 Å². The quantitative estimate of drug-likeness (QED) is 0.297. The first-order valence-corrected chi connectivity index (χ1v) is 14.7. The third-order valence-corrected chi connectivity index (χ3v) is 8.36. The molecular formula is C31H35N7O4. The summed E-state index contributed by atoms with van der Waals surface area (Å²) in [7, 11) is 0. The highest BCUT2D eigenvalue weighted by molar-refractivity contribution is 6.25. The van der Waals surface area contributed by atoms with Crippen LogP contribution in [-0.4, -0.2) is 103 Å². The third-order valence-electron chi connectivity index (χ3n) is 8.36. The van der Waals surface area contributed by atoms with Gasteiger partial charge in [-0.15, -0.1) is 0 Å². The van der Waals surface area contributed by atoms with Crippen molar-refractivity contribution < 1.29 is 19.2 Å². The molecule has 0 spiro atoms. The number of rotatable bonds is 6. The molecule has 1 atom stereocenters. The maximum Gasteiger partial charge on any atom is 0.264 e. The number of pyridine rings is 1. The van der Waals surface area contributed by atoms with Crippen LogP contribution < -0.4 is 20.4 Å². The lowest BCUT2D eigenvalue weighted by Crippen LogP contribution is -2.54. The van der Waals surface area contributed by atoms with E-state index in [1.807, 2.05) is 24.4 Å². The van der Waals surface area contributed by atoms with Crippen molar-refractivity contribution in [2.75, 3.05) is 68.7 Å². The predicted molar refractivity (Wildman–Crippen MR) is 157 cm³/mol. The second-order valence-electron chi connectivity index (χ2n) is 11.0. The average molecular weight is 570 g/mol. The van der Waals surface area contributed by atoms with Gasteiger partial charge in [-0.1, -0.05) is 17.9 Å². The highest BCUT2D eigenvalue weighted by Crippen LogP contribution is 2.34. The summed E-state index contributed by atoms with van der Waals surface area (Å²) in [4.78, 5) is 63.0. The summed E-state index contributed by atoms with van der Waals surface area (Å²) in [6, 6.07) is 8.42. The van der Waals surface area contributed by atoms with E-state index >= 15 is 0 Å². The fraction of sp³-hybridized carbons (Fsp3) is 0.452. The molecule has 0 radical (unpaired) electrons. The first-order chi connectivity index (χ1) is 20.5. The van der Waals surface area contributed by atoms with Gasteiger partial charge in [0.2, 0.25) is 11.8 Å². The number of anilines is 2. The summed E-state index contributed by atoms with van der Waals surface area (Å²) in [5.74, 6) is 5.59. The number of piperidine rings is 1. The molecule has 0 aliphatic carbocycles. The SMILES string of the molecule is O=C1CCC(N2C(=O)c3cccc(N4CCN(CCCC#Cc5ccc(N6CCNCC6)nc5)CC4)c3C2=O)C(=O)N1. The van der Waals surface area contributed by atoms with Gasteiger partial charge in [-0.2, -0.15) is 0 Å². The summed E-state index contributed by atoms with van der Waals surface area (Å²) in [5, 5.41) is 5.60. The molecule has 2 N–H and O–H groups in total. The molecule has 4 aliphatic heterocycles. The summed E-state index contributed by atoms with van der Waals surface area (Å²) in [6.07, 6.45) is 3.87. The largest absolute Gasteiger partial charge is 0.368 e. The molecular weight excluding hydrogens is 534 g/mol. The summed E-state index contributed by atoms with van der Waals surface area (Å²) in [5.41, 5.74) is 2.33. The van der Waals surface area contributed by atoms with E-state index in [-0.39, 0.29) is 18.7 Å². The standard InChI is InChI=1S/C31H35N7O4/c39-27-11-9-25(29(40)34-27)38-30(41)23-6-4-7-24(28(23)31(38)42)36-19-17-35(18-20-36)14-3-1-2-5-22-8-10-26(33-21-22)37-15-12-32-13-16-37/h4,6-8,10,21,25,32H,1,3,9,11-20H2,(H,34,39,40). The molecule has 4 aliphatic rings. The van der Waals surface area contributed by atoms with Crippen molar-refractivity contribution in [3.05, 3.63) is 53.2 Å². The van der Waals surface area contributed by atoms with Gasteiger partial charge >= 0.3 is 0 Å². The smallest absolute Gasteiger partial charge is 0.264 e. The number of nitrogens with zero attached hydrogens (tertiary/aromatic N) is 5. The molecule has 0 bridgehead atoms. The minimum atomic E-state index is -0.962. The van der Waals surface area contributed by atoms with Crippen LogP contribution in [-0.2, 0) is 9.59 Å². The first-order valence-electron chi connectivity index (χ1n) is 14.7. The normalized spacial score (nSPS) is 21.2. The maximum atomic E-state index is 13.4. The number of hydrogen-bond donors (Lipinski definition) is 2. The van der Waals surface area contributed by atoms with Gasteiger partial charge in [0.15, 0.2) is 0 Å². The van der Waals surface area contributed by atoms with Crippen LogP contribution in [0.4, 0.5) is 11.5 Å². The van der Waals surface area contributed by atoms with Gasteiger partial charge < -0.3 is 15.1 Å². The van der Waals surface area contributed by atoms with Gasteiger partial charge in [0.25, 0.3) is 11.8 Å². The van der Waals surface area contributed by atoms with Crippen molar-refractivity contribution >= 4 is 35.1 Å². The monoisotopic (exact) mass is 569 g/mol. The minimum absolute atomic E-state index is 0.103. The lowest BCUT2D eigenvalue weighted by atomic mass is 10.0. The Kier molecular flexibility index (Phi) is 8.17. The van der Waals surface area contributed by atoms with Crippen molar-refractivity contribution in [3.8, 4) is 11.8 Å². The number of nitrogens with one attached hydrogen (secondary N) is 2. The van der Waals surface area contributed by atoms with Crippen LogP contribution in [0.1, 0.15) is 52.0 Å². The van der Waals surface area contributed by atoms with Crippen LogP contribution in [0, 0.1) is 11.8 Å². The number of fused-ring (bicyclic) bond motifs is 1. The van der Waals surface area contributed by atoms with Gasteiger partial charge in [0.05, 0.1) is 16.8 Å². The zero-order valence-electron chi connectivity index (χ0n) is 23.6. The highest BCUT2D eigenvalue weighted by atomic mass is 16.2. The Balaban J connectivity index is 0.995. The summed E-state index contributed by atoms with van der Waals surface area (Å²) >= 11 is 0. The lowest BCUT2D eigenvalue weighted by molar-refractivity contribution is -0.136. The molecule has 4 amide bonds. The van der Waals surface area contributed by atoms with Crippen molar-refractivity contribution in [3.63, 3.8) is 0 Å². The van der Waals surface area contributed by atoms with Crippen LogP contribution in [0.2, 0.25) is 0 Å². The Morgan fingerprint density at radius 1 is 0.905 bits per heavy atom. The summed E-state index contributed by atoms with van der Waals surface area (Å²) < 4.78 is 0. The second kappa shape index (κ2) is 12.3. The predicted octanol–water partition coefficient (Wildman–Crippen LogP) is 0.846. The summed E-state index contributed by atoms with van der Waals surface area (Å²) in [6.45, 7) is 8.00. The number of piperazine rings is 2. The minimum Gasteiger partial charge on any atom is -0.368 e. The molecule has 2 aromatic rings. The number of hydrogen-bond acceptors (Lipinski definition) is 9. The van der Waals surface area contributed by atoms with E-state index in [4.69, 9.17) is 0 Å². The van der Waals surface area contributed by atoms with E-state index < -0.39 is 23.8 Å². The molecule has 1 aromatic heterocycles. The van der Waals surface area contributed by atoms with E-state index in [9.17, 15) is 19.2 Å². The van der Waals surface area contributed by atoms with E-state index in [1.165, 1.54) is 0 Å². The van der Waals surface area contributed by atoms with Gasteiger partial charge in [-0.3, -0.25) is 34.3 Å². The molecule has 218 valence electrons. The zero-order valence-corrected chi connectivity index (χ0v) is 23.6. The second-order valence-corrected chi connectivity index (χ2v) is 11.0. The Morgan fingerprint density at radius 2 is 1.71 bits per heavy atom. The number of amides is 4. The van der Waals surface area contributed by atoms with Gasteiger partial charge in [0.1, 0.15) is 11.9 Å². The van der Waals surface area contributed by atoms with Crippen molar-refractivity contribution in [2.45, 2.75) is 31.7 Å². The Hall–Kier alpha value is -4.27. The van der Waals surface area contributed by atoms with E-state index in [0.29, 0.717) is 11.1 Å². The number of aromatic nitrogens is 1. The molecule has 1 aromatic carbocycles. The molecule has 11 nitrogen and oxygen atoms in total. The van der Waals surface area contributed by atoms with Crippen LogP contribution in [0.25, 0.3) is 0 Å². The average Bonchev–Trinajstić information content (AvgIpc) is 3.27. The van der Waals surface area contributed by atoms with Crippen LogP contribution in [0.5, 0.6) is 0 Å². The van der Waals surface area contributed by atoms with E-state index in [2.05, 4.69) is 42.2 Å². The lowest BCUT2D eigenvalue weighted by Gasteiger charge is -2.36. The molecule has 42 heavy (non-hydrogen) atoms. The van der Waals surface area contributed by atoms with Gasteiger partial charge in [-0.25, -0.2) is 4.98 Å². The third kappa shape index (κ3) is 5.73. The molecule has 5 heterocycles. The fourth-order valence-electron chi connectivity index (χ4n) is 6.07. The number of unbranched alkanes of at least 4 members (excludes halogenated alkanes) is 1. The molecule has 3 fully saturated rings. The van der Waals surface area contributed by atoms with Crippen molar-refractivity contribution in [1.29, 1.82) is 0 Å². The molecule has 0 saturated carbocycles.